The highest BCUT2D eigenvalue weighted by molar-refractivity contribution is 7.18. The maximum Gasteiger partial charge on any atom is 0.0951 e. The van der Waals surface area contributed by atoms with E-state index in [0.29, 0.717) is 12.1 Å². The van der Waals surface area contributed by atoms with Gasteiger partial charge in [0.2, 0.25) is 0 Å². The predicted molar refractivity (Wildman–Crippen MR) is 99.7 cm³/mol. The first-order chi connectivity index (χ1) is 11.7. The minimum absolute atomic E-state index is 0.500. The second-order valence-corrected chi connectivity index (χ2v) is 8.52. The van der Waals surface area contributed by atoms with Gasteiger partial charge in [-0.15, -0.1) is 11.3 Å². The van der Waals surface area contributed by atoms with Crippen molar-refractivity contribution in [1.82, 2.24) is 15.2 Å². The van der Waals surface area contributed by atoms with E-state index in [0.717, 1.165) is 38.6 Å². The lowest BCUT2D eigenvalue weighted by molar-refractivity contribution is -0.0555. The fourth-order valence-electron chi connectivity index (χ4n) is 3.53. The van der Waals surface area contributed by atoms with Crippen LogP contribution in [0.3, 0.4) is 0 Å². The summed E-state index contributed by atoms with van der Waals surface area (Å²) in [6.45, 7) is 6.27. The zero-order chi connectivity index (χ0) is 16.5. The highest BCUT2D eigenvalue weighted by Crippen LogP contribution is 2.30. The molecule has 4 nitrogen and oxygen atoms in total. The Hall–Kier alpha value is -1.01. The number of ether oxygens (including phenoxy) is 1. The molecule has 2 atom stereocenters. The average molecular weight is 346 g/mol. The van der Waals surface area contributed by atoms with Crippen molar-refractivity contribution in [1.29, 1.82) is 0 Å². The standard InChI is InChI=1S/C19H27N3OS/c1-13-3-5-16(20-10-13)14-4-6-18-17(9-14)21-19(24-18)7-8-22(2)15-11-23-12-15/h4,6,9,13,15-16,20H,3,5,7-8,10-12H2,1-2H3/t13-,16+/m0/s1. The molecule has 0 radical (unpaired) electrons. The number of rotatable bonds is 5. The Morgan fingerprint density at radius 1 is 1.33 bits per heavy atom. The molecule has 0 bridgehead atoms. The minimum Gasteiger partial charge on any atom is -0.378 e. The number of likely N-dealkylation sites (N-methyl/N-ethyl adjacent to an activating group) is 1. The van der Waals surface area contributed by atoms with Crippen LogP contribution in [0.4, 0.5) is 0 Å². The summed E-state index contributed by atoms with van der Waals surface area (Å²) in [6.07, 6.45) is 3.58. The molecule has 0 aliphatic carbocycles. The van der Waals surface area contributed by atoms with E-state index in [-0.39, 0.29) is 0 Å². The van der Waals surface area contributed by atoms with Gasteiger partial charge in [-0.05, 0) is 50.0 Å². The number of nitrogens with zero attached hydrogens (tertiary/aromatic N) is 2. The Labute approximate surface area is 148 Å². The average Bonchev–Trinajstić information content (AvgIpc) is 2.94. The molecular formula is C19H27N3OS. The van der Waals surface area contributed by atoms with Crippen LogP contribution in [0.1, 0.15) is 36.4 Å². The summed E-state index contributed by atoms with van der Waals surface area (Å²) in [7, 11) is 2.19. The molecule has 2 aromatic rings. The van der Waals surface area contributed by atoms with Crippen LogP contribution in [0.15, 0.2) is 18.2 Å². The largest absolute Gasteiger partial charge is 0.378 e. The lowest BCUT2D eigenvalue weighted by Gasteiger charge is -2.34. The maximum atomic E-state index is 5.27. The normalized spacial score (nSPS) is 25.3. The summed E-state index contributed by atoms with van der Waals surface area (Å²) in [5, 5.41) is 4.93. The summed E-state index contributed by atoms with van der Waals surface area (Å²) in [6, 6.07) is 7.95. The second kappa shape index (κ2) is 7.08. The van der Waals surface area contributed by atoms with Crippen LogP contribution >= 0.6 is 11.3 Å². The molecule has 1 N–H and O–H groups in total. The predicted octanol–water partition coefficient (Wildman–Crippen LogP) is 3.23. The first-order valence-electron chi connectivity index (χ1n) is 9.10. The molecule has 1 aromatic carbocycles. The fourth-order valence-corrected chi connectivity index (χ4v) is 4.47. The van der Waals surface area contributed by atoms with E-state index in [1.165, 1.54) is 33.6 Å². The zero-order valence-electron chi connectivity index (χ0n) is 14.6. The lowest BCUT2D eigenvalue weighted by atomic mass is 9.92. The van der Waals surface area contributed by atoms with Crippen molar-refractivity contribution in [2.24, 2.45) is 5.92 Å². The van der Waals surface area contributed by atoms with Crippen molar-refractivity contribution in [3.05, 3.63) is 28.8 Å². The fraction of sp³-hybridized carbons (Fsp3) is 0.632. The number of nitrogens with one attached hydrogen (secondary N) is 1. The van der Waals surface area contributed by atoms with Crippen LogP contribution in [0, 0.1) is 5.92 Å². The van der Waals surface area contributed by atoms with Crippen LogP contribution in [-0.4, -0.2) is 49.3 Å². The van der Waals surface area contributed by atoms with E-state index in [1.807, 2.05) is 11.3 Å². The number of thiazole rings is 1. The van der Waals surface area contributed by atoms with E-state index in [4.69, 9.17) is 9.72 Å². The number of hydrogen-bond acceptors (Lipinski definition) is 5. The number of benzene rings is 1. The lowest BCUT2D eigenvalue weighted by Crippen LogP contribution is -2.47. The van der Waals surface area contributed by atoms with Gasteiger partial charge in [0, 0.05) is 19.0 Å². The smallest absolute Gasteiger partial charge is 0.0951 e. The van der Waals surface area contributed by atoms with Crippen LogP contribution in [-0.2, 0) is 11.2 Å². The SMILES string of the molecule is C[C@H]1CC[C@H](c2ccc3sc(CCN(C)C4COC4)nc3c2)NC1. The van der Waals surface area contributed by atoms with E-state index >= 15 is 0 Å². The zero-order valence-corrected chi connectivity index (χ0v) is 15.4. The van der Waals surface area contributed by atoms with Gasteiger partial charge in [0.25, 0.3) is 0 Å². The summed E-state index contributed by atoms with van der Waals surface area (Å²) < 4.78 is 6.59. The number of hydrogen-bond donors (Lipinski definition) is 1. The first-order valence-corrected chi connectivity index (χ1v) is 9.91. The quantitative estimate of drug-likeness (QED) is 0.903. The molecule has 2 aliphatic heterocycles. The molecule has 4 rings (SSSR count). The van der Waals surface area contributed by atoms with Crippen LogP contribution in [0.2, 0.25) is 0 Å². The van der Waals surface area contributed by atoms with Gasteiger partial charge in [-0.3, -0.25) is 4.90 Å². The van der Waals surface area contributed by atoms with Crippen LogP contribution in [0.5, 0.6) is 0 Å². The molecule has 0 amide bonds. The van der Waals surface area contributed by atoms with Crippen LogP contribution in [0.25, 0.3) is 10.2 Å². The van der Waals surface area contributed by atoms with Gasteiger partial charge in [-0.2, -0.15) is 0 Å². The molecule has 3 heterocycles. The molecule has 0 unspecified atom stereocenters. The van der Waals surface area contributed by atoms with Gasteiger partial charge in [-0.1, -0.05) is 13.0 Å². The van der Waals surface area contributed by atoms with Gasteiger partial charge < -0.3 is 10.1 Å². The molecule has 0 saturated carbocycles. The van der Waals surface area contributed by atoms with Crippen molar-refractivity contribution in [3.63, 3.8) is 0 Å². The summed E-state index contributed by atoms with van der Waals surface area (Å²) in [5.41, 5.74) is 2.57. The molecule has 2 saturated heterocycles. The third-order valence-electron chi connectivity index (χ3n) is 5.44. The number of aromatic nitrogens is 1. The Balaban J connectivity index is 1.43. The monoisotopic (exact) mass is 345 g/mol. The molecule has 24 heavy (non-hydrogen) atoms. The second-order valence-electron chi connectivity index (χ2n) is 7.40. The molecule has 0 spiro atoms. The van der Waals surface area contributed by atoms with E-state index in [1.54, 1.807) is 0 Å². The third kappa shape index (κ3) is 3.49. The third-order valence-corrected chi connectivity index (χ3v) is 6.54. The Morgan fingerprint density at radius 2 is 2.21 bits per heavy atom. The van der Waals surface area contributed by atoms with Crippen molar-refractivity contribution in [2.75, 3.05) is 33.4 Å². The Kier molecular flexibility index (Phi) is 4.86. The molecule has 130 valence electrons. The summed E-state index contributed by atoms with van der Waals surface area (Å²) in [4.78, 5) is 7.29. The van der Waals surface area contributed by atoms with Gasteiger partial charge >= 0.3 is 0 Å². The topological polar surface area (TPSA) is 37.4 Å². The summed E-state index contributed by atoms with van der Waals surface area (Å²) in [5.74, 6) is 0.800. The first kappa shape index (κ1) is 16.5. The van der Waals surface area contributed by atoms with E-state index in [2.05, 4.69) is 42.4 Å². The molecule has 5 heteroatoms. The minimum atomic E-state index is 0.500. The molecular weight excluding hydrogens is 318 g/mol. The van der Waals surface area contributed by atoms with Crippen molar-refractivity contribution >= 4 is 21.6 Å². The van der Waals surface area contributed by atoms with Gasteiger partial charge in [0.1, 0.15) is 0 Å². The van der Waals surface area contributed by atoms with Crippen molar-refractivity contribution in [3.8, 4) is 0 Å². The molecule has 2 fully saturated rings. The Morgan fingerprint density at radius 3 is 2.92 bits per heavy atom. The highest BCUT2D eigenvalue weighted by Gasteiger charge is 2.23. The van der Waals surface area contributed by atoms with E-state index in [9.17, 15) is 0 Å². The summed E-state index contributed by atoms with van der Waals surface area (Å²) >= 11 is 1.84. The maximum absolute atomic E-state index is 5.27. The van der Waals surface area contributed by atoms with Crippen molar-refractivity contribution < 1.29 is 4.74 Å². The van der Waals surface area contributed by atoms with Gasteiger partial charge in [0.05, 0.1) is 34.5 Å². The van der Waals surface area contributed by atoms with Gasteiger partial charge in [-0.25, -0.2) is 4.98 Å². The van der Waals surface area contributed by atoms with E-state index < -0.39 is 0 Å². The van der Waals surface area contributed by atoms with Crippen molar-refractivity contribution in [2.45, 2.75) is 38.3 Å². The van der Waals surface area contributed by atoms with Crippen LogP contribution < -0.4 is 5.32 Å². The Bertz CT molecular complexity index is 689. The van der Waals surface area contributed by atoms with Gasteiger partial charge in [0.15, 0.2) is 0 Å². The molecule has 2 aliphatic rings. The highest BCUT2D eigenvalue weighted by atomic mass is 32.1. The number of piperidine rings is 1. The number of fused-ring (bicyclic) bond motifs is 1. The molecule has 1 aromatic heterocycles.